The summed E-state index contributed by atoms with van der Waals surface area (Å²) in [6.45, 7) is 3.87. The molecule has 0 N–H and O–H groups in total. The first-order valence-electron chi connectivity index (χ1n) is 6.12. The quantitative estimate of drug-likeness (QED) is 0.829. The molecule has 4 heteroatoms. The Labute approximate surface area is 113 Å². The van der Waals surface area contributed by atoms with Crippen LogP contribution in [0.25, 0.3) is 0 Å². The molecule has 0 bridgehead atoms. The van der Waals surface area contributed by atoms with Gasteiger partial charge in [-0.1, -0.05) is 19.1 Å². The predicted octanol–water partition coefficient (Wildman–Crippen LogP) is 2.46. The second-order valence-electron chi connectivity index (χ2n) is 4.77. The van der Waals surface area contributed by atoms with E-state index in [2.05, 4.69) is 12.1 Å². The van der Waals surface area contributed by atoms with Crippen molar-refractivity contribution >= 4 is 5.91 Å². The summed E-state index contributed by atoms with van der Waals surface area (Å²) in [6, 6.07) is 11.3. The van der Waals surface area contributed by atoms with Gasteiger partial charge >= 0.3 is 0 Å². The molecule has 98 valence electrons. The molecule has 0 radical (unpaired) electrons. The molecule has 0 aliphatic carbocycles. The molecule has 0 heterocycles. The van der Waals surface area contributed by atoms with Gasteiger partial charge in [0.05, 0.1) is 17.7 Å². The molecule has 4 nitrogen and oxygen atoms in total. The lowest BCUT2D eigenvalue weighted by Crippen LogP contribution is -2.38. The summed E-state index contributed by atoms with van der Waals surface area (Å²) >= 11 is 0. The van der Waals surface area contributed by atoms with E-state index in [1.165, 1.54) is 4.90 Å². The zero-order valence-electron chi connectivity index (χ0n) is 11.5. The zero-order valence-corrected chi connectivity index (χ0v) is 11.5. The Bertz CT molecular complexity index is 553. The number of amides is 1. The van der Waals surface area contributed by atoms with Gasteiger partial charge in [-0.25, -0.2) is 0 Å². The maximum absolute atomic E-state index is 12.2. The average Bonchev–Trinajstić information content (AvgIpc) is 2.45. The molecule has 1 aromatic rings. The molecular weight excluding hydrogens is 238 g/mol. The molecule has 1 unspecified atom stereocenters. The van der Waals surface area contributed by atoms with Crippen molar-refractivity contribution in [2.24, 2.45) is 5.41 Å². The van der Waals surface area contributed by atoms with E-state index in [1.807, 2.05) is 13.0 Å². The normalized spacial score (nSPS) is 12.9. The summed E-state index contributed by atoms with van der Waals surface area (Å²) in [4.78, 5) is 13.8. The smallest absolute Gasteiger partial charge is 0.242 e. The summed E-state index contributed by atoms with van der Waals surface area (Å²) < 4.78 is 0. The molecule has 0 spiro atoms. The predicted molar refractivity (Wildman–Crippen MR) is 71.6 cm³/mol. The molecule has 1 aromatic carbocycles. The molecule has 0 aromatic heterocycles. The second kappa shape index (κ2) is 6.02. The molecule has 1 amide bonds. The van der Waals surface area contributed by atoms with Gasteiger partial charge in [0.2, 0.25) is 5.91 Å². The van der Waals surface area contributed by atoms with Crippen molar-refractivity contribution in [1.29, 1.82) is 10.5 Å². The maximum atomic E-state index is 12.2. The zero-order chi connectivity index (χ0) is 14.5. The van der Waals surface area contributed by atoms with Crippen molar-refractivity contribution in [2.75, 3.05) is 7.05 Å². The highest BCUT2D eigenvalue weighted by Crippen LogP contribution is 2.23. The van der Waals surface area contributed by atoms with Gasteiger partial charge in [0, 0.05) is 13.6 Å². The summed E-state index contributed by atoms with van der Waals surface area (Å²) in [7, 11) is 1.67. The number of hydrogen-bond acceptors (Lipinski definition) is 3. The maximum Gasteiger partial charge on any atom is 0.242 e. The highest BCUT2D eigenvalue weighted by atomic mass is 16.2. The van der Waals surface area contributed by atoms with Gasteiger partial charge in [0.25, 0.3) is 0 Å². The number of rotatable bonds is 4. The fourth-order valence-electron chi connectivity index (χ4n) is 1.78. The first-order chi connectivity index (χ1) is 8.96. The van der Waals surface area contributed by atoms with Gasteiger partial charge in [0.15, 0.2) is 0 Å². The Balaban J connectivity index is 2.86. The number of benzene rings is 1. The summed E-state index contributed by atoms with van der Waals surface area (Å²) in [5.74, 6) is -0.195. The molecule has 0 saturated heterocycles. The SMILES string of the molecule is CCC(C)(C#N)C(=O)N(C)Cc1cccc(C#N)c1. The van der Waals surface area contributed by atoms with Crippen molar-refractivity contribution in [3.05, 3.63) is 35.4 Å². The summed E-state index contributed by atoms with van der Waals surface area (Å²) in [6.07, 6.45) is 0.477. The minimum absolute atomic E-state index is 0.195. The van der Waals surface area contributed by atoms with E-state index in [1.54, 1.807) is 32.2 Å². The Hall–Kier alpha value is -2.33. The van der Waals surface area contributed by atoms with E-state index >= 15 is 0 Å². The Morgan fingerprint density at radius 3 is 2.63 bits per heavy atom. The Morgan fingerprint density at radius 1 is 1.42 bits per heavy atom. The van der Waals surface area contributed by atoms with Crippen LogP contribution in [0.15, 0.2) is 24.3 Å². The van der Waals surface area contributed by atoms with Crippen LogP contribution in [0.3, 0.4) is 0 Å². The lowest BCUT2D eigenvalue weighted by Gasteiger charge is -2.26. The van der Waals surface area contributed by atoms with Crippen LogP contribution in [0.4, 0.5) is 0 Å². The van der Waals surface area contributed by atoms with E-state index in [0.717, 1.165) is 5.56 Å². The molecule has 0 aliphatic rings. The van der Waals surface area contributed by atoms with Crippen molar-refractivity contribution in [2.45, 2.75) is 26.8 Å². The molecular formula is C15H17N3O. The average molecular weight is 255 g/mol. The monoisotopic (exact) mass is 255 g/mol. The standard InChI is InChI=1S/C15H17N3O/c1-4-15(2,11-17)14(19)18(3)10-13-7-5-6-12(8-13)9-16/h5-8H,4,10H2,1-3H3. The summed E-state index contributed by atoms with van der Waals surface area (Å²) in [5, 5.41) is 17.9. The number of nitrogens with zero attached hydrogens (tertiary/aromatic N) is 3. The first kappa shape index (κ1) is 14.7. The third kappa shape index (κ3) is 3.33. The minimum atomic E-state index is -0.985. The van der Waals surface area contributed by atoms with Gasteiger partial charge in [-0.15, -0.1) is 0 Å². The van der Waals surface area contributed by atoms with Crippen molar-refractivity contribution in [1.82, 2.24) is 4.90 Å². The van der Waals surface area contributed by atoms with Crippen LogP contribution >= 0.6 is 0 Å². The van der Waals surface area contributed by atoms with Crippen LogP contribution in [-0.4, -0.2) is 17.9 Å². The van der Waals surface area contributed by atoms with E-state index in [9.17, 15) is 4.79 Å². The summed E-state index contributed by atoms with van der Waals surface area (Å²) in [5.41, 5.74) is 0.463. The minimum Gasteiger partial charge on any atom is -0.340 e. The van der Waals surface area contributed by atoms with Crippen molar-refractivity contribution in [3.8, 4) is 12.1 Å². The molecule has 1 atom stereocenters. The lowest BCUT2D eigenvalue weighted by atomic mass is 9.88. The van der Waals surface area contributed by atoms with Crippen LogP contribution in [-0.2, 0) is 11.3 Å². The third-order valence-electron chi connectivity index (χ3n) is 3.25. The first-order valence-corrected chi connectivity index (χ1v) is 6.12. The van der Waals surface area contributed by atoms with E-state index in [-0.39, 0.29) is 5.91 Å². The number of nitriles is 2. The van der Waals surface area contributed by atoms with Crippen LogP contribution in [0, 0.1) is 28.1 Å². The van der Waals surface area contributed by atoms with Crippen LogP contribution in [0.1, 0.15) is 31.4 Å². The number of carbonyl (C=O) groups is 1. The van der Waals surface area contributed by atoms with Crippen molar-refractivity contribution < 1.29 is 4.79 Å². The molecule has 0 saturated carbocycles. The van der Waals surface area contributed by atoms with Crippen LogP contribution in [0.5, 0.6) is 0 Å². The van der Waals surface area contributed by atoms with Gasteiger partial charge < -0.3 is 4.90 Å². The van der Waals surface area contributed by atoms with Crippen LogP contribution < -0.4 is 0 Å². The largest absolute Gasteiger partial charge is 0.340 e. The number of carbonyl (C=O) groups excluding carboxylic acids is 1. The van der Waals surface area contributed by atoms with Crippen molar-refractivity contribution in [3.63, 3.8) is 0 Å². The van der Waals surface area contributed by atoms with E-state index < -0.39 is 5.41 Å². The lowest BCUT2D eigenvalue weighted by molar-refractivity contribution is -0.137. The fourth-order valence-corrected chi connectivity index (χ4v) is 1.78. The van der Waals surface area contributed by atoms with E-state index in [0.29, 0.717) is 18.5 Å². The highest BCUT2D eigenvalue weighted by molar-refractivity contribution is 5.84. The van der Waals surface area contributed by atoms with Gasteiger partial charge in [-0.3, -0.25) is 4.79 Å². The van der Waals surface area contributed by atoms with Gasteiger partial charge in [-0.2, -0.15) is 10.5 Å². The van der Waals surface area contributed by atoms with Gasteiger partial charge in [-0.05, 0) is 31.0 Å². The topological polar surface area (TPSA) is 67.9 Å². The molecule has 0 aliphatic heterocycles. The highest BCUT2D eigenvalue weighted by Gasteiger charge is 2.33. The molecule has 1 rings (SSSR count). The molecule has 19 heavy (non-hydrogen) atoms. The third-order valence-corrected chi connectivity index (χ3v) is 3.25. The van der Waals surface area contributed by atoms with Gasteiger partial charge in [0.1, 0.15) is 5.41 Å². The second-order valence-corrected chi connectivity index (χ2v) is 4.77. The van der Waals surface area contributed by atoms with Crippen LogP contribution in [0.2, 0.25) is 0 Å². The fraction of sp³-hybridized carbons (Fsp3) is 0.400. The Morgan fingerprint density at radius 2 is 2.11 bits per heavy atom. The van der Waals surface area contributed by atoms with E-state index in [4.69, 9.17) is 10.5 Å². The Kier molecular flexibility index (Phi) is 4.67. The molecule has 0 fully saturated rings. The number of hydrogen-bond donors (Lipinski definition) is 0.